The smallest absolute Gasteiger partial charge is 0.230 e. The van der Waals surface area contributed by atoms with Crippen molar-refractivity contribution in [3.8, 4) is 23.2 Å². The molecule has 0 amide bonds. The number of aryl methyl sites for hydroxylation is 3. The molecular formula is C30H25N7O2. The number of rotatable bonds is 5. The average Bonchev–Trinajstić information content (AvgIpc) is 3.53. The fraction of sp³-hybridized carbons (Fsp3) is 0.167. The van der Waals surface area contributed by atoms with Crippen LogP contribution in [0.4, 0.5) is 0 Å². The minimum Gasteiger partial charge on any atom is -0.485 e. The Kier molecular flexibility index (Phi) is 5.36. The van der Waals surface area contributed by atoms with Gasteiger partial charge in [-0.15, -0.1) is 5.10 Å². The molecule has 0 aliphatic carbocycles. The van der Waals surface area contributed by atoms with Crippen molar-refractivity contribution >= 4 is 5.65 Å². The second kappa shape index (κ2) is 9.05. The maximum Gasteiger partial charge on any atom is 0.230 e. The molecule has 9 nitrogen and oxygen atoms in total. The van der Waals surface area contributed by atoms with Gasteiger partial charge in [0.15, 0.2) is 11.5 Å². The molecule has 0 fully saturated rings. The van der Waals surface area contributed by atoms with E-state index >= 15 is 0 Å². The number of nitrogens with zero attached hydrogens (tertiary/aromatic N) is 7. The molecule has 1 unspecified atom stereocenters. The SMILES string of the molecule is Cc1cccc(C)c1OCc1nc2c3c(ncn2n1)Oc1c(c(C)nn1-c1ccccc1)C3c1cccnc1. The highest BCUT2D eigenvalue weighted by atomic mass is 16.5. The van der Waals surface area contributed by atoms with E-state index in [0.29, 0.717) is 23.2 Å². The molecule has 7 rings (SSSR count). The number of pyridine rings is 1. The predicted octanol–water partition coefficient (Wildman–Crippen LogP) is 5.50. The van der Waals surface area contributed by atoms with E-state index in [4.69, 9.17) is 19.6 Å². The molecule has 0 radical (unpaired) electrons. The first kappa shape index (κ1) is 23.1. The molecule has 1 aliphatic heterocycles. The third kappa shape index (κ3) is 3.82. The van der Waals surface area contributed by atoms with Crippen molar-refractivity contribution < 1.29 is 9.47 Å². The van der Waals surface area contributed by atoms with Gasteiger partial charge in [0.05, 0.1) is 28.4 Å². The van der Waals surface area contributed by atoms with E-state index in [9.17, 15) is 0 Å². The summed E-state index contributed by atoms with van der Waals surface area (Å²) >= 11 is 0. The van der Waals surface area contributed by atoms with Crippen molar-refractivity contribution in [1.82, 2.24) is 34.3 Å². The standard InChI is InChI=1S/C30H25N7O2/c1-18-9-7-10-19(2)27(18)38-16-23-33-28-26-25(21-11-8-14-31-15-21)24-20(3)34-37(22-12-5-4-6-13-22)30(24)39-29(26)32-17-36(28)35-23/h4-15,17,25H,16H2,1-3H3. The summed E-state index contributed by atoms with van der Waals surface area (Å²) in [7, 11) is 0. The molecule has 39 heavy (non-hydrogen) atoms. The lowest BCUT2D eigenvalue weighted by Crippen LogP contribution is -2.16. The van der Waals surface area contributed by atoms with Gasteiger partial charge in [-0.3, -0.25) is 4.98 Å². The number of para-hydroxylation sites is 2. The van der Waals surface area contributed by atoms with Crippen LogP contribution in [-0.4, -0.2) is 34.3 Å². The Hall–Kier alpha value is -5.05. The van der Waals surface area contributed by atoms with Crippen LogP contribution >= 0.6 is 0 Å². The van der Waals surface area contributed by atoms with E-state index in [2.05, 4.69) is 21.1 Å². The van der Waals surface area contributed by atoms with Crippen molar-refractivity contribution in [2.45, 2.75) is 33.3 Å². The molecule has 0 saturated heterocycles. The highest BCUT2D eigenvalue weighted by molar-refractivity contribution is 5.66. The molecule has 0 N–H and O–H groups in total. The number of benzene rings is 2. The molecule has 1 aliphatic rings. The van der Waals surface area contributed by atoms with Gasteiger partial charge in [0, 0.05) is 12.4 Å². The number of ether oxygens (including phenoxy) is 2. The van der Waals surface area contributed by atoms with Crippen LogP contribution in [0.1, 0.15) is 45.3 Å². The summed E-state index contributed by atoms with van der Waals surface area (Å²) in [6, 6.07) is 20.0. The van der Waals surface area contributed by atoms with E-state index in [1.54, 1.807) is 17.0 Å². The Balaban J connectivity index is 1.36. The van der Waals surface area contributed by atoms with Crippen LogP contribution in [0, 0.1) is 20.8 Å². The summed E-state index contributed by atoms with van der Waals surface area (Å²) in [6.07, 6.45) is 5.27. The Morgan fingerprint density at radius 3 is 2.49 bits per heavy atom. The van der Waals surface area contributed by atoms with Gasteiger partial charge in [0.1, 0.15) is 18.7 Å². The van der Waals surface area contributed by atoms with E-state index < -0.39 is 0 Å². The van der Waals surface area contributed by atoms with Crippen LogP contribution in [0.25, 0.3) is 11.3 Å². The van der Waals surface area contributed by atoms with Gasteiger partial charge < -0.3 is 9.47 Å². The lowest BCUT2D eigenvalue weighted by atomic mass is 9.85. The summed E-state index contributed by atoms with van der Waals surface area (Å²) in [6.45, 7) is 6.30. The molecule has 0 saturated carbocycles. The van der Waals surface area contributed by atoms with Crippen LogP contribution in [-0.2, 0) is 6.61 Å². The average molecular weight is 516 g/mol. The number of hydrogen-bond acceptors (Lipinski definition) is 7. The van der Waals surface area contributed by atoms with Gasteiger partial charge in [-0.25, -0.2) is 19.2 Å². The molecule has 0 spiro atoms. The summed E-state index contributed by atoms with van der Waals surface area (Å²) in [5, 5.41) is 9.55. The van der Waals surface area contributed by atoms with E-state index in [1.807, 2.05) is 86.2 Å². The first-order valence-electron chi connectivity index (χ1n) is 12.7. The minimum atomic E-state index is -0.248. The number of hydrogen-bond donors (Lipinski definition) is 0. The highest BCUT2D eigenvalue weighted by Crippen LogP contribution is 2.49. The first-order chi connectivity index (χ1) is 19.1. The molecule has 5 heterocycles. The van der Waals surface area contributed by atoms with Crippen LogP contribution in [0.3, 0.4) is 0 Å². The zero-order valence-corrected chi connectivity index (χ0v) is 21.7. The topological polar surface area (TPSA) is 92.3 Å². The summed E-state index contributed by atoms with van der Waals surface area (Å²) in [5.41, 5.74) is 7.32. The second-order valence-corrected chi connectivity index (χ2v) is 9.64. The van der Waals surface area contributed by atoms with Crippen molar-refractivity contribution in [2.75, 3.05) is 0 Å². The Bertz CT molecular complexity index is 1810. The van der Waals surface area contributed by atoms with Crippen molar-refractivity contribution in [3.05, 3.63) is 119 Å². The Morgan fingerprint density at radius 2 is 1.72 bits per heavy atom. The van der Waals surface area contributed by atoms with Crippen LogP contribution in [0.15, 0.2) is 79.4 Å². The zero-order chi connectivity index (χ0) is 26.5. The van der Waals surface area contributed by atoms with Gasteiger partial charge >= 0.3 is 0 Å². The third-order valence-corrected chi connectivity index (χ3v) is 7.04. The summed E-state index contributed by atoms with van der Waals surface area (Å²) in [5.74, 6) is 2.26. The fourth-order valence-electron chi connectivity index (χ4n) is 5.27. The zero-order valence-electron chi connectivity index (χ0n) is 21.7. The largest absolute Gasteiger partial charge is 0.485 e. The number of fused-ring (bicyclic) bond motifs is 4. The Morgan fingerprint density at radius 1 is 0.897 bits per heavy atom. The summed E-state index contributed by atoms with van der Waals surface area (Å²) < 4.78 is 16.1. The number of aromatic nitrogens is 7. The van der Waals surface area contributed by atoms with Gasteiger partial charge in [0.25, 0.3) is 0 Å². The quantitative estimate of drug-likeness (QED) is 0.299. The molecule has 0 bridgehead atoms. The maximum atomic E-state index is 6.47. The molecule has 192 valence electrons. The first-order valence-corrected chi connectivity index (χ1v) is 12.7. The predicted molar refractivity (Wildman–Crippen MR) is 145 cm³/mol. The second-order valence-electron chi connectivity index (χ2n) is 9.64. The molecule has 1 atom stereocenters. The lowest BCUT2D eigenvalue weighted by molar-refractivity contribution is 0.292. The Labute approximate surface area is 224 Å². The van der Waals surface area contributed by atoms with E-state index in [-0.39, 0.29) is 12.5 Å². The third-order valence-electron chi connectivity index (χ3n) is 7.04. The lowest BCUT2D eigenvalue weighted by Gasteiger charge is -2.26. The van der Waals surface area contributed by atoms with Gasteiger partial charge in [-0.05, 0) is 55.7 Å². The van der Waals surface area contributed by atoms with Gasteiger partial charge in [-0.2, -0.15) is 5.10 Å². The van der Waals surface area contributed by atoms with Crippen LogP contribution < -0.4 is 9.47 Å². The monoisotopic (exact) mass is 515 g/mol. The normalized spacial score (nSPS) is 14.1. The molecule has 9 heteroatoms. The molecule has 4 aromatic heterocycles. The molecule has 6 aromatic rings. The van der Waals surface area contributed by atoms with Crippen molar-refractivity contribution in [2.24, 2.45) is 0 Å². The van der Waals surface area contributed by atoms with E-state index in [1.165, 1.54) is 0 Å². The molecular weight excluding hydrogens is 490 g/mol. The van der Waals surface area contributed by atoms with Crippen LogP contribution in [0.5, 0.6) is 17.5 Å². The van der Waals surface area contributed by atoms with Crippen molar-refractivity contribution in [1.29, 1.82) is 0 Å². The minimum absolute atomic E-state index is 0.233. The summed E-state index contributed by atoms with van der Waals surface area (Å²) in [4.78, 5) is 14.0. The fourth-order valence-corrected chi connectivity index (χ4v) is 5.27. The molecule has 2 aromatic carbocycles. The van der Waals surface area contributed by atoms with E-state index in [0.717, 1.165) is 44.9 Å². The van der Waals surface area contributed by atoms with Crippen molar-refractivity contribution in [3.63, 3.8) is 0 Å². The van der Waals surface area contributed by atoms with Gasteiger partial charge in [-0.1, -0.05) is 42.5 Å². The maximum absolute atomic E-state index is 6.47. The van der Waals surface area contributed by atoms with Gasteiger partial charge in [0.2, 0.25) is 11.8 Å². The van der Waals surface area contributed by atoms with Crippen LogP contribution in [0.2, 0.25) is 0 Å². The highest BCUT2D eigenvalue weighted by Gasteiger charge is 2.38.